The Morgan fingerprint density at radius 1 is 0.909 bits per heavy atom. The molecule has 22 heavy (non-hydrogen) atoms. The SMILES string of the molecule is CC.CC.O=C(O)c1ccc(NC(=O)c2ccccc2)nc1. The molecule has 0 saturated heterocycles. The number of aromatic nitrogens is 1. The van der Waals surface area contributed by atoms with Gasteiger partial charge >= 0.3 is 5.97 Å². The summed E-state index contributed by atoms with van der Waals surface area (Å²) in [4.78, 5) is 26.2. The Bertz CT molecular complexity index is 566. The van der Waals surface area contributed by atoms with Gasteiger partial charge in [0.2, 0.25) is 0 Å². The van der Waals surface area contributed by atoms with Crippen molar-refractivity contribution >= 4 is 17.7 Å². The third-order valence-electron chi connectivity index (χ3n) is 2.29. The van der Waals surface area contributed by atoms with Gasteiger partial charge in [0, 0.05) is 11.8 Å². The lowest BCUT2D eigenvalue weighted by Crippen LogP contribution is -2.13. The molecule has 2 N–H and O–H groups in total. The molecule has 5 heteroatoms. The largest absolute Gasteiger partial charge is 0.478 e. The van der Waals surface area contributed by atoms with Gasteiger partial charge in [-0.05, 0) is 24.3 Å². The van der Waals surface area contributed by atoms with Crippen LogP contribution in [0.4, 0.5) is 5.82 Å². The molecule has 0 saturated carbocycles. The van der Waals surface area contributed by atoms with Crippen LogP contribution in [0.2, 0.25) is 0 Å². The van der Waals surface area contributed by atoms with Gasteiger partial charge in [-0.2, -0.15) is 0 Å². The first kappa shape index (κ1) is 19.3. The monoisotopic (exact) mass is 302 g/mol. The van der Waals surface area contributed by atoms with E-state index in [9.17, 15) is 9.59 Å². The number of hydrogen-bond donors (Lipinski definition) is 2. The van der Waals surface area contributed by atoms with Gasteiger partial charge in [-0.15, -0.1) is 0 Å². The topological polar surface area (TPSA) is 79.3 Å². The molecule has 1 aromatic carbocycles. The van der Waals surface area contributed by atoms with E-state index in [0.717, 1.165) is 0 Å². The number of pyridine rings is 1. The number of nitrogens with one attached hydrogen (secondary N) is 1. The van der Waals surface area contributed by atoms with Crippen molar-refractivity contribution in [2.75, 3.05) is 5.32 Å². The number of hydrogen-bond acceptors (Lipinski definition) is 3. The number of carboxylic acids is 1. The fraction of sp³-hybridized carbons (Fsp3) is 0.235. The maximum absolute atomic E-state index is 11.8. The second kappa shape index (κ2) is 11.0. The van der Waals surface area contributed by atoms with Crippen molar-refractivity contribution in [3.05, 3.63) is 59.8 Å². The minimum atomic E-state index is -1.05. The van der Waals surface area contributed by atoms with Crippen molar-refractivity contribution in [1.29, 1.82) is 0 Å². The summed E-state index contributed by atoms with van der Waals surface area (Å²) in [6, 6.07) is 11.5. The van der Waals surface area contributed by atoms with Crippen LogP contribution >= 0.6 is 0 Å². The number of carbonyl (C=O) groups is 2. The highest BCUT2D eigenvalue weighted by atomic mass is 16.4. The van der Waals surface area contributed by atoms with Crippen molar-refractivity contribution in [3.63, 3.8) is 0 Å². The van der Waals surface area contributed by atoms with Gasteiger partial charge < -0.3 is 10.4 Å². The highest BCUT2D eigenvalue weighted by Crippen LogP contribution is 2.07. The Morgan fingerprint density at radius 3 is 1.95 bits per heavy atom. The highest BCUT2D eigenvalue weighted by molar-refractivity contribution is 6.03. The van der Waals surface area contributed by atoms with Gasteiger partial charge in [0.1, 0.15) is 5.82 Å². The Kier molecular flexibility index (Phi) is 9.67. The number of anilines is 1. The highest BCUT2D eigenvalue weighted by Gasteiger charge is 2.07. The molecular weight excluding hydrogens is 280 g/mol. The van der Waals surface area contributed by atoms with Gasteiger partial charge in [-0.1, -0.05) is 45.9 Å². The summed E-state index contributed by atoms with van der Waals surface area (Å²) in [6.07, 6.45) is 1.20. The van der Waals surface area contributed by atoms with Crippen LogP contribution < -0.4 is 5.32 Å². The van der Waals surface area contributed by atoms with E-state index in [1.54, 1.807) is 24.3 Å². The molecule has 0 radical (unpaired) electrons. The van der Waals surface area contributed by atoms with E-state index in [2.05, 4.69) is 10.3 Å². The first-order chi connectivity index (χ1) is 10.7. The third kappa shape index (κ3) is 6.17. The molecule has 1 amide bonds. The zero-order valence-electron chi connectivity index (χ0n) is 13.3. The van der Waals surface area contributed by atoms with E-state index in [1.165, 1.54) is 18.3 Å². The quantitative estimate of drug-likeness (QED) is 0.895. The summed E-state index contributed by atoms with van der Waals surface area (Å²) in [5, 5.41) is 11.3. The molecule has 2 aromatic rings. The second-order valence-electron chi connectivity index (χ2n) is 3.56. The fourth-order valence-electron chi connectivity index (χ4n) is 1.37. The Morgan fingerprint density at radius 2 is 1.50 bits per heavy atom. The summed E-state index contributed by atoms with van der Waals surface area (Å²) in [5.41, 5.74) is 0.592. The number of rotatable bonds is 3. The van der Waals surface area contributed by atoms with Gasteiger partial charge in [0.15, 0.2) is 0 Å². The number of carboxylic acid groups (broad SMARTS) is 1. The van der Waals surface area contributed by atoms with Gasteiger partial charge in [-0.25, -0.2) is 9.78 Å². The minimum Gasteiger partial charge on any atom is -0.478 e. The van der Waals surface area contributed by atoms with Crippen LogP contribution in [0.5, 0.6) is 0 Å². The zero-order chi connectivity index (χ0) is 17.0. The van der Waals surface area contributed by atoms with E-state index in [4.69, 9.17) is 5.11 Å². The summed E-state index contributed by atoms with van der Waals surface area (Å²) in [7, 11) is 0. The molecule has 0 aliphatic carbocycles. The fourth-order valence-corrected chi connectivity index (χ4v) is 1.37. The van der Waals surface area contributed by atoms with Gasteiger partial charge in [0.05, 0.1) is 5.56 Å². The van der Waals surface area contributed by atoms with Crippen LogP contribution in [0.3, 0.4) is 0 Å². The maximum Gasteiger partial charge on any atom is 0.337 e. The van der Waals surface area contributed by atoms with Gasteiger partial charge in [0.25, 0.3) is 5.91 Å². The van der Waals surface area contributed by atoms with Crippen molar-refractivity contribution < 1.29 is 14.7 Å². The van der Waals surface area contributed by atoms with Crippen LogP contribution in [-0.2, 0) is 0 Å². The molecule has 5 nitrogen and oxygen atoms in total. The number of benzene rings is 1. The number of carbonyl (C=O) groups excluding carboxylic acids is 1. The van der Waals surface area contributed by atoms with E-state index in [0.29, 0.717) is 11.4 Å². The van der Waals surface area contributed by atoms with Gasteiger partial charge in [-0.3, -0.25) is 4.79 Å². The molecule has 0 aliphatic rings. The first-order valence-electron chi connectivity index (χ1n) is 7.22. The normalized spacial score (nSPS) is 8.55. The Balaban J connectivity index is 0.00000102. The first-order valence-corrected chi connectivity index (χ1v) is 7.22. The van der Waals surface area contributed by atoms with Crippen LogP contribution in [0.15, 0.2) is 48.7 Å². The van der Waals surface area contributed by atoms with Crippen LogP contribution in [0.1, 0.15) is 48.4 Å². The number of aromatic carboxylic acids is 1. The molecule has 0 bridgehead atoms. The standard InChI is InChI=1S/C13H10N2O3.2C2H6/c16-12(9-4-2-1-3-5-9)15-11-7-6-10(8-14-11)13(17)18;2*1-2/h1-8H,(H,17,18)(H,14,15,16);2*1-2H3. The maximum atomic E-state index is 11.8. The average Bonchev–Trinajstić information content (AvgIpc) is 2.59. The van der Waals surface area contributed by atoms with E-state index in [1.807, 2.05) is 33.8 Å². The smallest absolute Gasteiger partial charge is 0.337 e. The molecule has 0 spiro atoms. The molecule has 0 fully saturated rings. The minimum absolute atomic E-state index is 0.0766. The summed E-state index contributed by atoms with van der Waals surface area (Å²) in [5.74, 6) is -1.02. The molecule has 0 aliphatic heterocycles. The van der Waals surface area contributed by atoms with E-state index in [-0.39, 0.29) is 11.5 Å². The second-order valence-corrected chi connectivity index (χ2v) is 3.56. The van der Waals surface area contributed by atoms with E-state index < -0.39 is 5.97 Å². The Labute approximate surface area is 131 Å². The zero-order valence-corrected chi connectivity index (χ0v) is 13.3. The Hall–Kier alpha value is -2.69. The van der Waals surface area contributed by atoms with Crippen LogP contribution in [-0.4, -0.2) is 22.0 Å². The van der Waals surface area contributed by atoms with Crippen molar-refractivity contribution in [2.45, 2.75) is 27.7 Å². The lowest BCUT2D eigenvalue weighted by atomic mass is 10.2. The van der Waals surface area contributed by atoms with Crippen molar-refractivity contribution in [2.24, 2.45) is 0 Å². The van der Waals surface area contributed by atoms with Crippen molar-refractivity contribution in [1.82, 2.24) is 4.98 Å². The van der Waals surface area contributed by atoms with Crippen LogP contribution in [0.25, 0.3) is 0 Å². The molecule has 118 valence electrons. The van der Waals surface area contributed by atoms with E-state index >= 15 is 0 Å². The number of amides is 1. The lowest BCUT2D eigenvalue weighted by Gasteiger charge is -2.04. The summed E-state index contributed by atoms with van der Waals surface area (Å²) < 4.78 is 0. The molecule has 0 atom stereocenters. The summed E-state index contributed by atoms with van der Waals surface area (Å²) >= 11 is 0. The predicted octanol–water partition coefficient (Wildman–Crippen LogP) is 4.08. The molecule has 1 heterocycles. The molecule has 1 aromatic heterocycles. The lowest BCUT2D eigenvalue weighted by molar-refractivity contribution is 0.0696. The molecular formula is C17H22N2O3. The van der Waals surface area contributed by atoms with Crippen molar-refractivity contribution in [3.8, 4) is 0 Å². The molecule has 0 unspecified atom stereocenters. The molecule has 2 rings (SSSR count). The van der Waals surface area contributed by atoms with Crippen LogP contribution in [0, 0.1) is 0 Å². The third-order valence-corrected chi connectivity index (χ3v) is 2.29. The average molecular weight is 302 g/mol. The number of nitrogens with zero attached hydrogens (tertiary/aromatic N) is 1. The summed E-state index contributed by atoms with van der Waals surface area (Å²) in [6.45, 7) is 8.00. The predicted molar refractivity (Wildman–Crippen MR) is 88.3 cm³/mol.